The summed E-state index contributed by atoms with van der Waals surface area (Å²) < 4.78 is 5.93. The van der Waals surface area contributed by atoms with E-state index in [0.29, 0.717) is 19.3 Å². The number of aliphatic hydroxyl groups is 2. The van der Waals surface area contributed by atoms with Crippen LogP contribution in [0.2, 0.25) is 0 Å². The van der Waals surface area contributed by atoms with E-state index in [2.05, 4.69) is 62.5 Å². The number of ether oxygens (including phenoxy) is 1. The standard InChI is InChI=1S/C57H107NO5/c1-4-7-10-13-16-19-22-25-27-28-30-32-34-37-40-43-46-49-55(60)54(52-59)58-56(61)51-53(48-45-42-39-36-33-31-29-26-23-20-17-14-11-8-5-2)63-57(62)50-47-44-41-38-35-24-21-18-15-12-9-6-3/h17-18,20-21,26,29,53-55,59-60H,4-16,19,22-25,27-28,30-52H2,1-3H3,(H,58,61)/b20-17-,21-18-,29-26-. The number of carbonyl (C=O) groups is 2. The number of esters is 1. The van der Waals surface area contributed by atoms with Crippen LogP contribution in [0.5, 0.6) is 0 Å². The first-order valence-corrected chi connectivity index (χ1v) is 27.7. The van der Waals surface area contributed by atoms with Gasteiger partial charge in [-0.1, -0.05) is 231 Å². The molecule has 0 radical (unpaired) electrons. The number of carbonyl (C=O) groups excluding carboxylic acids is 2. The van der Waals surface area contributed by atoms with Gasteiger partial charge in [0.25, 0.3) is 0 Å². The lowest BCUT2D eigenvalue weighted by molar-refractivity contribution is -0.151. The van der Waals surface area contributed by atoms with Crippen molar-refractivity contribution in [2.45, 2.75) is 309 Å². The van der Waals surface area contributed by atoms with Gasteiger partial charge in [0.15, 0.2) is 0 Å². The van der Waals surface area contributed by atoms with Crippen LogP contribution >= 0.6 is 0 Å². The van der Waals surface area contributed by atoms with Crippen LogP contribution in [0.25, 0.3) is 0 Å². The number of unbranched alkanes of at least 4 members (excludes halogenated alkanes) is 32. The minimum Gasteiger partial charge on any atom is -0.462 e. The Kier molecular flexibility index (Phi) is 49.5. The second-order valence-electron chi connectivity index (χ2n) is 19.0. The molecule has 0 aromatic carbocycles. The van der Waals surface area contributed by atoms with Crippen molar-refractivity contribution in [2.75, 3.05) is 6.61 Å². The van der Waals surface area contributed by atoms with Crippen LogP contribution in [-0.4, -0.2) is 46.9 Å². The highest BCUT2D eigenvalue weighted by molar-refractivity contribution is 5.77. The average Bonchev–Trinajstić information content (AvgIpc) is 3.28. The number of rotatable bonds is 50. The van der Waals surface area contributed by atoms with E-state index in [0.717, 1.165) is 70.6 Å². The Bertz CT molecular complexity index is 1040. The number of nitrogens with one attached hydrogen (secondary N) is 1. The van der Waals surface area contributed by atoms with Crippen molar-refractivity contribution in [2.24, 2.45) is 0 Å². The molecule has 370 valence electrons. The molecule has 0 aliphatic rings. The molecule has 0 rings (SSSR count). The largest absolute Gasteiger partial charge is 0.462 e. The summed E-state index contributed by atoms with van der Waals surface area (Å²) in [6, 6.07) is -0.706. The fraction of sp³-hybridized carbons (Fsp3) is 0.860. The molecule has 63 heavy (non-hydrogen) atoms. The van der Waals surface area contributed by atoms with E-state index in [1.54, 1.807) is 0 Å². The summed E-state index contributed by atoms with van der Waals surface area (Å²) in [5, 5.41) is 23.9. The molecule has 0 saturated heterocycles. The minimum absolute atomic E-state index is 0.0674. The van der Waals surface area contributed by atoms with E-state index in [9.17, 15) is 19.8 Å². The quantitative estimate of drug-likeness (QED) is 0.0321. The molecule has 0 aromatic heterocycles. The lowest BCUT2D eigenvalue weighted by Crippen LogP contribution is -2.46. The summed E-state index contributed by atoms with van der Waals surface area (Å²) >= 11 is 0. The maximum Gasteiger partial charge on any atom is 0.306 e. The van der Waals surface area contributed by atoms with Crippen molar-refractivity contribution in [3.05, 3.63) is 36.5 Å². The highest BCUT2D eigenvalue weighted by Gasteiger charge is 2.24. The number of hydrogen-bond acceptors (Lipinski definition) is 5. The molecular formula is C57H107NO5. The Morgan fingerprint density at radius 3 is 1.25 bits per heavy atom. The van der Waals surface area contributed by atoms with Crippen molar-refractivity contribution in [3.8, 4) is 0 Å². The Balaban J connectivity index is 4.53. The van der Waals surface area contributed by atoms with E-state index >= 15 is 0 Å². The van der Waals surface area contributed by atoms with E-state index in [-0.39, 0.29) is 24.9 Å². The van der Waals surface area contributed by atoms with Crippen LogP contribution in [0.1, 0.15) is 290 Å². The van der Waals surface area contributed by atoms with Crippen molar-refractivity contribution in [1.82, 2.24) is 5.32 Å². The Hall–Kier alpha value is -1.92. The molecule has 0 bridgehead atoms. The summed E-state index contributed by atoms with van der Waals surface area (Å²) in [5.41, 5.74) is 0. The highest BCUT2D eigenvalue weighted by Crippen LogP contribution is 2.18. The van der Waals surface area contributed by atoms with Gasteiger partial charge < -0.3 is 20.3 Å². The second kappa shape index (κ2) is 51.1. The Morgan fingerprint density at radius 1 is 0.460 bits per heavy atom. The monoisotopic (exact) mass is 886 g/mol. The molecule has 0 aliphatic carbocycles. The predicted molar refractivity (Wildman–Crippen MR) is 273 cm³/mol. The number of hydrogen-bond donors (Lipinski definition) is 3. The lowest BCUT2D eigenvalue weighted by Gasteiger charge is -2.24. The molecule has 3 atom stereocenters. The summed E-state index contributed by atoms with van der Waals surface area (Å²) in [6.45, 7) is 6.45. The first-order chi connectivity index (χ1) is 31.0. The molecular weight excluding hydrogens is 779 g/mol. The van der Waals surface area contributed by atoms with Crippen LogP contribution in [0.3, 0.4) is 0 Å². The van der Waals surface area contributed by atoms with Gasteiger partial charge in [-0.25, -0.2) is 0 Å². The number of amides is 1. The molecule has 0 saturated carbocycles. The van der Waals surface area contributed by atoms with E-state index in [1.807, 2.05) is 0 Å². The van der Waals surface area contributed by atoms with Gasteiger partial charge in [0, 0.05) is 6.42 Å². The first-order valence-electron chi connectivity index (χ1n) is 27.7. The zero-order chi connectivity index (χ0) is 45.9. The van der Waals surface area contributed by atoms with Crippen molar-refractivity contribution >= 4 is 11.9 Å². The maximum atomic E-state index is 13.2. The second-order valence-corrected chi connectivity index (χ2v) is 19.0. The van der Waals surface area contributed by atoms with Crippen molar-refractivity contribution < 1.29 is 24.5 Å². The van der Waals surface area contributed by atoms with Gasteiger partial charge in [-0.2, -0.15) is 0 Å². The van der Waals surface area contributed by atoms with E-state index < -0.39 is 18.2 Å². The fourth-order valence-electron chi connectivity index (χ4n) is 8.46. The van der Waals surface area contributed by atoms with E-state index in [4.69, 9.17) is 4.74 Å². The molecule has 0 aromatic rings. The SMILES string of the molecule is CCCCC/C=C\C/C=C\CCCCCCCC(CC(=O)NC(CO)C(O)CCCCCCCCCCCCCCCCCCC)OC(=O)CCCCCCC/C=C\CCCCC. The maximum absolute atomic E-state index is 13.2. The van der Waals surface area contributed by atoms with Crippen molar-refractivity contribution in [1.29, 1.82) is 0 Å². The van der Waals surface area contributed by atoms with E-state index in [1.165, 1.54) is 173 Å². The molecule has 0 fully saturated rings. The molecule has 0 aliphatic heterocycles. The Labute approximate surface area is 392 Å². The lowest BCUT2D eigenvalue weighted by atomic mass is 10.0. The topological polar surface area (TPSA) is 95.9 Å². The van der Waals surface area contributed by atoms with Crippen molar-refractivity contribution in [3.63, 3.8) is 0 Å². The summed E-state index contributed by atoms with van der Waals surface area (Å²) in [7, 11) is 0. The summed E-state index contributed by atoms with van der Waals surface area (Å²) in [6.07, 6.45) is 60.6. The zero-order valence-corrected chi connectivity index (χ0v) is 42.2. The van der Waals surface area contributed by atoms with Gasteiger partial charge in [0.05, 0.1) is 25.2 Å². The molecule has 3 N–H and O–H groups in total. The average molecular weight is 886 g/mol. The summed E-state index contributed by atoms with van der Waals surface area (Å²) in [5.74, 6) is -0.488. The van der Waals surface area contributed by atoms with Crippen LogP contribution in [0.4, 0.5) is 0 Å². The van der Waals surface area contributed by atoms with Gasteiger partial charge in [0.2, 0.25) is 5.91 Å². The predicted octanol–water partition coefficient (Wildman–Crippen LogP) is 16.8. The van der Waals surface area contributed by atoms with Gasteiger partial charge in [0.1, 0.15) is 6.10 Å². The highest BCUT2D eigenvalue weighted by atomic mass is 16.5. The zero-order valence-electron chi connectivity index (χ0n) is 42.2. The molecule has 6 nitrogen and oxygen atoms in total. The fourth-order valence-corrected chi connectivity index (χ4v) is 8.46. The molecule has 3 unspecified atom stereocenters. The normalized spacial score (nSPS) is 13.4. The minimum atomic E-state index is -0.792. The smallest absolute Gasteiger partial charge is 0.306 e. The summed E-state index contributed by atoms with van der Waals surface area (Å²) in [4.78, 5) is 26.2. The van der Waals surface area contributed by atoms with Gasteiger partial charge in [-0.05, 0) is 83.5 Å². The molecule has 0 heterocycles. The van der Waals surface area contributed by atoms with Crippen LogP contribution in [0.15, 0.2) is 36.5 Å². The van der Waals surface area contributed by atoms with Gasteiger partial charge in [-0.3, -0.25) is 9.59 Å². The van der Waals surface area contributed by atoms with Crippen LogP contribution < -0.4 is 5.32 Å². The number of allylic oxidation sites excluding steroid dienone is 6. The molecule has 1 amide bonds. The third kappa shape index (κ3) is 46.4. The molecule has 0 spiro atoms. The first kappa shape index (κ1) is 61.1. The number of aliphatic hydroxyl groups excluding tert-OH is 2. The molecule has 6 heteroatoms. The third-order valence-electron chi connectivity index (χ3n) is 12.7. The third-order valence-corrected chi connectivity index (χ3v) is 12.7. The van der Waals surface area contributed by atoms with Crippen LogP contribution in [-0.2, 0) is 14.3 Å². The van der Waals surface area contributed by atoms with Gasteiger partial charge >= 0.3 is 5.97 Å². The van der Waals surface area contributed by atoms with Crippen LogP contribution in [0, 0.1) is 0 Å². The van der Waals surface area contributed by atoms with Gasteiger partial charge in [-0.15, -0.1) is 0 Å². The Morgan fingerprint density at radius 2 is 0.810 bits per heavy atom.